The Labute approximate surface area is 133 Å². The molecule has 0 fully saturated rings. The van der Waals surface area contributed by atoms with Crippen LogP contribution in [0.15, 0.2) is 39.8 Å². The van der Waals surface area contributed by atoms with Gasteiger partial charge in [0.15, 0.2) is 0 Å². The maximum Gasteiger partial charge on any atom is 0.337 e. The van der Waals surface area contributed by atoms with E-state index in [0.717, 1.165) is 25.7 Å². The van der Waals surface area contributed by atoms with E-state index in [9.17, 15) is 4.79 Å². The number of thiophene rings is 1. The molecule has 0 aliphatic carbocycles. The second kappa shape index (κ2) is 5.63. The number of aromatic nitrogens is 2. The highest BCUT2D eigenvalue weighted by Gasteiger charge is 2.13. The molecule has 0 amide bonds. The van der Waals surface area contributed by atoms with Crippen LogP contribution in [-0.2, 0) is 0 Å². The van der Waals surface area contributed by atoms with Gasteiger partial charge >= 0.3 is 5.97 Å². The summed E-state index contributed by atoms with van der Waals surface area (Å²) in [6, 6.07) is 4.93. The van der Waals surface area contributed by atoms with Crippen LogP contribution < -0.4 is 0 Å². The van der Waals surface area contributed by atoms with Gasteiger partial charge in [-0.05, 0) is 36.1 Å². The number of hydrogen-bond donors (Lipinski definition) is 1. The standard InChI is InChI=1S/C14H9ClN2O2S2/c1-7-5-20-12-11(7)16-6-17-13(12)21-8-2-3-10(15)9(4-8)14(18)19/h2-6H,1H3,(H,18,19). The summed E-state index contributed by atoms with van der Waals surface area (Å²) in [6.07, 6.45) is 1.53. The average molecular weight is 337 g/mol. The van der Waals surface area contributed by atoms with Crippen LogP contribution in [0.25, 0.3) is 10.2 Å². The molecule has 0 atom stereocenters. The molecule has 3 rings (SSSR count). The maximum absolute atomic E-state index is 11.1. The number of benzene rings is 1. The molecule has 2 aromatic heterocycles. The van der Waals surface area contributed by atoms with Crippen molar-refractivity contribution < 1.29 is 9.90 Å². The number of rotatable bonds is 3. The predicted octanol–water partition coefficient (Wildman–Crippen LogP) is 4.50. The molecule has 0 saturated heterocycles. The first-order valence-electron chi connectivity index (χ1n) is 5.96. The summed E-state index contributed by atoms with van der Waals surface area (Å²) >= 11 is 8.87. The molecule has 1 N–H and O–H groups in total. The predicted molar refractivity (Wildman–Crippen MR) is 84.7 cm³/mol. The number of hydrogen-bond acceptors (Lipinski definition) is 5. The fourth-order valence-corrected chi connectivity index (χ4v) is 4.04. The normalized spacial score (nSPS) is 11.0. The number of aromatic carboxylic acids is 1. The van der Waals surface area contributed by atoms with Crippen molar-refractivity contribution in [2.75, 3.05) is 0 Å². The molecule has 0 radical (unpaired) electrons. The molecule has 3 aromatic rings. The average Bonchev–Trinajstić information content (AvgIpc) is 2.84. The van der Waals surface area contributed by atoms with Gasteiger partial charge in [-0.25, -0.2) is 14.8 Å². The summed E-state index contributed by atoms with van der Waals surface area (Å²) in [7, 11) is 0. The van der Waals surface area contributed by atoms with Crippen molar-refractivity contribution in [3.63, 3.8) is 0 Å². The Bertz CT molecular complexity index is 848. The lowest BCUT2D eigenvalue weighted by Gasteiger charge is -2.04. The lowest BCUT2D eigenvalue weighted by molar-refractivity contribution is 0.0697. The van der Waals surface area contributed by atoms with Crippen LogP contribution in [0.3, 0.4) is 0 Å². The van der Waals surface area contributed by atoms with E-state index in [1.54, 1.807) is 29.5 Å². The largest absolute Gasteiger partial charge is 0.478 e. The fourth-order valence-electron chi connectivity index (χ4n) is 1.86. The first-order chi connectivity index (χ1) is 10.1. The molecular weight excluding hydrogens is 328 g/mol. The smallest absolute Gasteiger partial charge is 0.337 e. The van der Waals surface area contributed by atoms with E-state index in [1.165, 1.54) is 18.1 Å². The Kier molecular flexibility index (Phi) is 3.84. The summed E-state index contributed by atoms with van der Waals surface area (Å²) in [5.41, 5.74) is 2.14. The zero-order valence-electron chi connectivity index (χ0n) is 10.8. The zero-order chi connectivity index (χ0) is 15.0. The van der Waals surface area contributed by atoms with E-state index in [0.29, 0.717) is 0 Å². The summed E-state index contributed by atoms with van der Waals surface area (Å²) in [5, 5.41) is 12.2. The third kappa shape index (κ3) is 2.74. The number of carbonyl (C=O) groups is 1. The van der Waals surface area contributed by atoms with E-state index in [4.69, 9.17) is 16.7 Å². The van der Waals surface area contributed by atoms with Crippen molar-refractivity contribution in [2.24, 2.45) is 0 Å². The third-order valence-corrected chi connectivity index (χ3v) is 5.43. The Balaban J connectivity index is 2.03. The van der Waals surface area contributed by atoms with Crippen LogP contribution in [0.4, 0.5) is 0 Å². The van der Waals surface area contributed by atoms with Gasteiger partial charge in [-0.15, -0.1) is 11.3 Å². The molecule has 0 bridgehead atoms. The van der Waals surface area contributed by atoms with Crippen LogP contribution in [0, 0.1) is 6.92 Å². The Morgan fingerprint density at radius 2 is 2.19 bits per heavy atom. The summed E-state index contributed by atoms with van der Waals surface area (Å²) in [6.45, 7) is 2.01. The minimum atomic E-state index is -1.04. The first kappa shape index (κ1) is 14.3. The number of fused-ring (bicyclic) bond motifs is 1. The van der Waals surface area contributed by atoms with Gasteiger partial charge in [-0.1, -0.05) is 23.4 Å². The number of carboxylic acids is 1. The number of aryl methyl sites for hydroxylation is 1. The summed E-state index contributed by atoms with van der Waals surface area (Å²) in [5.74, 6) is -1.04. The third-order valence-electron chi connectivity index (χ3n) is 2.88. The molecule has 0 aliphatic rings. The van der Waals surface area contributed by atoms with Crippen molar-refractivity contribution >= 4 is 50.9 Å². The van der Waals surface area contributed by atoms with Crippen molar-refractivity contribution in [1.82, 2.24) is 9.97 Å². The van der Waals surface area contributed by atoms with Gasteiger partial charge in [0.05, 0.1) is 20.8 Å². The first-order valence-corrected chi connectivity index (χ1v) is 8.03. The number of carboxylic acid groups (broad SMARTS) is 1. The van der Waals surface area contributed by atoms with Gasteiger partial charge in [-0.2, -0.15) is 0 Å². The molecule has 0 aliphatic heterocycles. The van der Waals surface area contributed by atoms with Crippen molar-refractivity contribution in [3.8, 4) is 0 Å². The molecule has 1 aromatic carbocycles. The molecule has 0 spiro atoms. The highest BCUT2D eigenvalue weighted by atomic mass is 35.5. The topological polar surface area (TPSA) is 63.1 Å². The van der Waals surface area contributed by atoms with Crippen molar-refractivity contribution in [2.45, 2.75) is 16.8 Å². The van der Waals surface area contributed by atoms with Gasteiger partial charge < -0.3 is 5.11 Å². The number of nitrogens with zero attached hydrogens (tertiary/aromatic N) is 2. The quantitative estimate of drug-likeness (QED) is 0.713. The summed E-state index contributed by atoms with van der Waals surface area (Å²) < 4.78 is 1.01. The second-order valence-electron chi connectivity index (χ2n) is 4.32. The Morgan fingerprint density at radius 1 is 1.38 bits per heavy atom. The van der Waals surface area contributed by atoms with Gasteiger partial charge in [0.25, 0.3) is 0 Å². The van der Waals surface area contributed by atoms with E-state index in [2.05, 4.69) is 9.97 Å². The highest BCUT2D eigenvalue weighted by Crippen LogP contribution is 2.36. The minimum Gasteiger partial charge on any atom is -0.478 e. The lowest BCUT2D eigenvalue weighted by atomic mass is 10.2. The molecule has 0 saturated carbocycles. The molecule has 21 heavy (non-hydrogen) atoms. The van der Waals surface area contributed by atoms with Gasteiger partial charge in [0.1, 0.15) is 11.4 Å². The van der Waals surface area contributed by atoms with Gasteiger partial charge in [-0.3, -0.25) is 0 Å². The van der Waals surface area contributed by atoms with Crippen LogP contribution in [0.1, 0.15) is 15.9 Å². The summed E-state index contributed by atoms with van der Waals surface area (Å²) in [4.78, 5) is 20.5. The van der Waals surface area contributed by atoms with Crippen LogP contribution >= 0.6 is 34.7 Å². The van der Waals surface area contributed by atoms with Crippen molar-refractivity contribution in [1.29, 1.82) is 0 Å². The number of halogens is 1. The van der Waals surface area contributed by atoms with E-state index < -0.39 is 5.97 Å². The Morgan fingerprint density at radius 3 is 2.95 bits per heavy atom. The van der Waals surface area contributed by atoms with Crippen LogP contribution in [0.2, 0.25) is 5.02 Å². The second-order valence-corrected chi connectivity index (χ2v) is 6.67. The molecule has 2 heterocycles. The van der Waals surface area contributed by atoms with Crippen LogP contribution in [-0.4, -0.2) is 21.0 Å². The van der Waals surface area contributed by atoms with Gasteiger partial charge in [0.2, 0.25) is 0 Å². The van der Waals surface area contributed by atoms with E-state index in [-0.39, 0.29) is 10.6 Å². The lowest BCUT2D eigenvalue weighted by Crippen LogP contribution is -1.97. The maximum atomic E-state index is 11.1. The van der Waals surface area contributed by atoms with E-state index in [1.807, 2.05) is 12.3 Å². The van der Waals surface area contributed by atoms with Crippen LogP contribution in [0.5, 0.6) is 0 Å². The molecule has 4 nitrogen and oxygen atoms in total. The van der Waals surface area contributed by atoms with E-state index >= 15 is 0 Å². The Hall–Kier alpha value is -1.63. The monoisotopic (exact) mass is 336 g/mol. The minimum absolute atomic E-state index is 0.0920. The SMILES string of the molecule is Cc1csc2c(Sc3ccc(Cl)c(C(=O)O)c3)ncnc12. The molecular formula is C14H9ClN2O2S2. The highest BCUT2D eigenvalue weighted by molar-refractivity contribution is 7.99. The van der Waals surface area contributed by atoms with Gasteiger partial charge in [0, 0.05) is 4.90 Å². The molecule has 106 valence electrons. The zero-order valence-corrected chi connectivity index (χ0v) is 13.2. The fraction of sp³-hybridized carbons (Fsp3) is 0.0714. The molecule has 0 unspecified atom stereocenters. The molecule has 7 heteroatoms. The van der Waals surface area contributed by atoms with Crippen molar-refractivity contribution in [3.05, 3.63) is 46.1 Å².